The van der Waals surface area contributed by atoms with Crippen molar-refractivity contribution in [1.29, 1.82) is 10.8 Å². The summed E-state index contributed by atoms with van der Waals surface area (Å²) in [5.41, 5.74) is 10.0. The summed E-state index contributed by atoms with van der Waals surface area (Å²) in [4.78, 5) is 12.4. The molecule has 0 fully saturated rings. The zero-order chi connectivity index (χ0) is 28.4. The Morgan fingerprint density at radius 2 is 1.79 bits per heavy atom. The minimum Gasteiger partial charge on any atom is -0.404 e. The van der Waals surface area contributed by atoms with E-state index >= 15 is 0 Å². The average Bonchev–Trinajstić information content (AvgIpc) is 3.30. The molecule has 0 spiro atoms. The summed E-state index contributed by atoms with van der Waals surface area (Å²) in [5.74, 6) is 0.252. The fraction of sp³-hybridized carbons (Fsp3) is 0.133. The van der Waals surface area contributed by atoms with Crippen LogP contribution in [0.1, 0.15) is 32.8 Å². The highest BCUT2D eigenvalue weighted by Crippen LogP contribution is 2.32. The van der Waals surface area contributed by atoms with Crippen molar-refractivity contribution in [3.63, 3.8) is 0 Å². The lowest BCUT2D eigenvalue weighted by Crippen LogP contribution is -2.15. The Morgan fingerprint density at radius 3 is 2.44 bits per heavy atom. The van der Waals surface area contributed by atoms with Crippen LogP contribution in [-0.4, -0.2) is 28.1 Å². The number of amides is 1. The Kier molecular flexibility index (Phi) is 10.2. The molecule has 1 heterocycles. The molecule has 6 N–H and O–H groups in total. The van der Waals surface area contributed by atoms with Crippen LogP contribution < -0.4 is 16.4 Å². The molecular weight excluding hydrogens is 510 g/mol. The Bertz CT molecular complexity index is 1550. The van der Waals surface area contributed by atoms with Crippen molar-refractivity contribution < 1.29 is 4.79 Å². The first-order valence-corrected chi connectivity index (χ1v) is 12.8. The summed E-state index contributed by atoms with van der Waals surface area (Å²) in [6.07, 6.45) is 6.40. The van der Waals surface area contributed by atoms with Crippen LogP contribution in [0, 0.1) is 10.8 Å². The molecule has 0 saturated heterocycles. The van der Waals surface area contributed by atoms with Crippen molar-refractivity contribution in [2.24, 2.45) is 5.73 Å². The molecule has 9 heteroatoms. The van der Waals surface area contributed by atoms with Gasteiger partial charge in [-0.25, -0.2) is 4.68 Å². The monoisotopic (exact) mass is 541 g/mol. The lowest BCUT2D eigenvalue weighted by molar-refractivity contribution is -0.112. The van der Waals surface area contributed by atoms with E-state index in [0.29, 0.717) is 27.8 Å². The second-order valence-electron chi connectivity index (χ2n) is 8.46. The highest BCUT2D eigenvalue weighted by Gasteiger charge is 2.14. The zero-order valence-electron chi connectivity index (χ0n) is 22.1. The lowest BCUT2D eigenvalue weighted by atomic mass is 10.1. The lowest BCUT2D eigenvalue weighted by Gasteiger charge is -2.09. The smallest absolute Gasteiger partial charge is 0.256 e. The average molecular weight is 542 g/mol. The summed E-state index contributed by atoms with van der Waals surface area (Å²) in [6, 6.07) is 20.5. The third-order valence-corrected chi connectivity index (χ3v) is 5.87. The third-order valence-electron chi connectivity index (χ3n) is 5.56. The van der Waals surface area contributed by atoms with E-state index in [9.17, 15) is 4.79 Å². The molecular formula is C30H32ClN7O. The first-order valence-electron chi connectivity index (χ1n) is 12.5. The topological polar surface area (TPSA) is 133 Å². The van der Waals surface area contributed by atoms with Gasteiger partial charge < -0.3 is 27.2 Å². The van der Waals surface area contributed by atoms with Crippen LogP contribution >= 0.6 is 11.6 Å². The van der Waals surface area contributed by atoms with Gasteiger partial charge in [0.2, 0.25) is 0 Å². The molecule has 0 aliphatic carbocycles. The van der Waals surface area contributed by atoms with Crippen molar-refractivity contribution in [1.82, 2.24) is 9.78 Å². The first-order chi connectivity index (χ1) is 18.9. The standard InChI is InChI=1S/C27H24ClN7O.C3H8/c1-2-17(14-29)27(36)32-20-6-5-7-21(13-20)35-25-9-4-3-8-22(25)26(34-35)33-24-11-10-18(12-23(24)28)19(15-30)16-31;1-3-2/h2-16,29-30H,31H2,1H3,(H,32,36)(H,33,34);3H2,1-2H3/b17-2+,19-16+,29-14?,30-15?;. The van der Waals surface area contributed by atoms with Crippen molar-refractivity contribution in [2.45, 2.75) is 27.2 Å². The van der Waals surface area contributed by atoms with E-state index in [1.54, 1.807) is 29.8 Å². The van der Waals surface area contributed by atoms with Crippen molar-refractivity contribution in [3.05, 3.63) is 95.2 Å². The normalized spacial score (nSPS) is 11.4. The van der Waals surface area contributed by atoms with Gasteiger partial charge in [-0.15, -0.1) is 5.10 Å². The largest absolute Gasteiger partial charge is 0.404 e. The van der Waals surface area contributed by atoms with E-state index in [-0.39, 0.29) is 11.5 Å². The van der Waals surface area contributed by atoms with E-state index in [0.717, 1.165) is 28.4 Å². The summed E-state index contributed by atoms with van der Waals surface area (Å²) < 4.78 is 1.78. The van der Waals surface area contributed by atoms with Gasteiger partial charge in [0, 0.05) is 35.3 Å². The number of anilines is 3. The van der Waals surface area contributed by atoms with Gasteiger partial charge in [0.25, 0.3) is 5.91 Å². The maximum absolute atomic E-state index is 12.4. The predicted molar refractivity (Wildman–Crippen MR) is 164 cm³/mol. The fourth-order valence-electron chi connectivity index (χ4n) is 3.71. The number of nitrogens with two attached hydrogens (primary N) is 1. The molecule has 3 aromatic carbocycles. The van der Waals surface area contributed by atoms with Crippen molar-refractivity contribution in [3.8, 4) is 5.69 Å². The number of para-hydroxylation sites is 1. The molecule has 1 amide bonds. The number of benzene rings is 3. The van der Waals surface area contributed by atoms with Gasteiger partial charge in [0.05, 0.1) is 27.5 Å². The number of nitrogens with one attached hydrogen (secondary N) is 4. The van der Waals surface area contributed by atoms with Crippen molar-refractivity contribution >= 4 is 63.6 Å². The molecule has 8 nitrogen and oxygen atoms in total. The number of nitrogens with zero attached hydrogens (tertiary/aromatic N) is 2. The van der Waals surface area contributed by atoms with Gasteiger partial charge in [-0.3, -0.25) is 4.79 Å². The van der Waals surface area contributed by atoms with Gasteiger partial charge in [0.15, 0.2) is 5.82 Å². The number of hydrogen-bond acceptors (Lipinski definition) is 6. The van der Waals surface area contributed by atoms with Crippen LogP contribution in [0.15, 0.2) is 84.6 Å². The zero-order valence-corrected chi connectivity index (χ0v) is 22.9. The van der Waals surface area contributed by atoms with E-state index in [2.05, 4.69) is 24.5 Å². The second kappa shape index (κ2) is 13.7. The van der Waals surface area contributed by atoms with Crippen LogP contribution in [0.5, 0.6) is 0 Å². The minimum atomic E-state index is -0.355. The third kappa shape index (κ3) is 6.80. The maximum atomic E-state index is 12.4. The van der Waals surface area contributed by atoms with E-state index in [1.807, 2.05) is 54.6 Å². The molecule has 200 valence electrons. The van der Waals surface area contributed by atoms with Gasteiger partial charge in [0.1, 0.15) is 0 Å². The quantitative estimate of drug-likeness (QED) is 0.118. The number of carbonyl (C=O) groups is 1. The van der Waals surface area contributed by atoms with Crippen LogP contribution in [0.4, 0.5) is 17.2 Å². The molecule has 4 rings (SSSR count). The molecule has 0 aliphatic heterocycles. The Hall–Kier alpha value is -4.69. The fourth-order valence-corrected chi connectivity index (χ4v) is 3.93. The number of halogens is 1. The second-order valence-corrected chi connectivity index (χ2v) is 8.87. The molecule has 0 atom stereocenters. The molecule has 0 saturated carbocycles. The Labute approximate surface area is 233 Å². The molecule has 0 aliphatic rings. The van der Waals surface area contributed by atoms with E-state index in [1.165, 1.54) is 18.8 Å². The molecule has 0 bridgehead atoms. The minimum absolute atomic E-state index is 0.272. The predicted octanol–water partition coefficient (Wildman–Crippen LogP) is 7.32. The summed E-state index contributed by atoms with van der Waals surface area (Å²) in [5, 5.41) is 27.1. The maximum Gasteiger partial charge on any atom is 0.256 e. The molecule has 0 unspecified atom stereocenters. The highest BCUT2D eigenvalue weighted by atomic mass is 35.5. The number of fused-ring (bicyclic) bond motifs is 1. The summed E-state index contributed by atoms with van der Waals surface area (Å²) in [6.45, 7) is 5.96. The Morgan fingerprint density at radius 1 is 1.05 bits per heavy atom. The molecule has 4 aromatic rings. The van der Waals surface area contributed by atoms with Gasteiger partial charge >= 0.3 is 0 Å². The van der Waals surface area contributed by atoms with Crippen LogP contribution in [0.2, 0.25) is 5.02 Å². The molecule has 1 aromatic heterocycles. The number of carbonyl (C=O) groups excluding carboxylic acids is 1. The number of hydrogen-bond donors (Lipinski definition) is 5. The van der Waals surface area contributed by atoms with Crippen LogP contribution in [0.3, 0.4) is 0 Å². The van der Waals surface area contributed by atoms with Gasteiger partial charge in [-0.05, 0) is 55.0 Å². The summed E-state index contributed by atoms with van der Waals surface area (Å²) >= 11 is 6.53. The molecule has 0 radical (unpaired) electrons. The van der Waals surface area contributed by atoms with Crippen molar-refractivity contribution in [2.75, 3.05) is 10.6 Å². The van der Waals surface area contributed by atoms with Crippen LogP contribution in [-0.2, 0) is 4.79 Å². The number of aromatic nitrogens is 2. The SMILES string of the molecule is C/C=C(\C=N)C(=O)Nc1cccc(-n2nc(Nc3ccc(/C(C=N)=C/N)cc3Cl)c3ccccc32)c1.CCC. The van der Waals surface area contributed by atoms with Gasteiger partial charge in [-0.2, -0.15) is 0 Å². The number of rotatable bonds is 8. The van der Waals surface area contributed by atoms with Gasteiger partial charge in [-0.1, -0.05) is 62.2 Å². The summed E-state index contributed by atoms with van der Waals surface area (Å²) in [7, 11) is 0. The Balaban J connectivity index is 0.00000134. The first kappa shape index (κ1) is 28.9. The molecule has 39 heavy (non-hydrogen) atoms. The van der Waals surface area contributed by atoms with E-state index in [4.69, 9.17) is 33.3 Å². The number of allylic oxidation sites excluding steroid dienone is 2. The van der Waals surface area contributed by atoms with Crippen LogP contribution in [0.25, 0.3) is 22.2 Å². The highest BCUT2D eigenvalue weighted by molar-refractivity contribution is 6.33. The van der Waals surface area contributed by atoms with E-state index < -0.39 is 0 Å².